The predicted octanol–water partition coefficient (Wildman–Crippen LogP) is 1.78. The van der Waals surface area contributed by atoms with E-state index < -0.39 is 10.0 Å². The molecular weight excluding hydrogens is 346 g/mol. The zero-order valence-electron chi connectivity index (χ0n) is 13.7. The van der Waals surface area contributed by atoms with Crippen LogP contribution < -0.4 is 5.32 Å². The first-order valence-corrected chi connectivity index (χ1v) is 9.31. The van der Waals surface area contributed by atoms with Crippen molar-refractivity contribution in [3.8, 4) is 11.5 Å². The van der Waals surface area contributed by atoms with Crippen molar-refractivity contribution in [2.45, 2.75) is 36.9 Å². The number of piperidine rings is 1. The molecule has 1 saturated heterocycles. The van der Waals surface area contributed by atoms with E-state index in [2.05, 4.69) is 17.1 Å². The summed E-state index contributed by atoms with van der Waals surface area (Å²) >= 11 is 0. The van der Waals surface area contributed by atoms with Crippen molar-refractivity contribution in [2.24, 2.45) is 0 Å². The van der Waals surface area contributed by atoms with Gasteiger partial charge >= 0.3 is 0 Å². The Morgan fingerprint density at radius 3 is 2.84 bits per heavy atom. The summed E-state index contributed by atoms with van der Waals surface area (Å²) < 4.78 is 37.5. The standard InChI is InChI=1S/C16H19N3O5S/c1-3-15(20)18-12-7-9-19(11(2)10-12)25(21,22)16-5-4-13(23-16)14-6-8-17-24-14/h3-6,8,11-12H,1,7,9-10H2,2H3,(H,18,20). The molecule has 2 unspecified atom stereocenters. The molecule has 3 heterocycles. The lowest BCUT2D eigenvalue weighted by atomic mass is 10.0. The summed E-state index contributed by atoms with van der Waals surface area (Å²) in [6.45, 7) is 5.52. The quantitative estimate of drug-likeness (QED) is 0.810. The molecule has 8 nitrogen and oxygen atoms in total. The average Bonchev–Trinajstić information content (AvgIpc) is 3.25. The van der Waals surface area contributed by atoms with Gasteiger partial charge in [0.15, 0.2) is 5.76 Å². The number of nitrogens with one attached hydrogen (secondary N) is 1. The molecular formula is C16H19N3O5S. The largest absolute Gasteiger partial charge is 0.440 e. The maximum atomic E-state index is 12.8. The summed E-state index contributed by atoms with van der Waals surface area (Å²) in [5, 5.41) is 6.25. The molecule has 25 heavy (non-hydrogen) atoms. The molecule has 134 valence electrons. The Morgan fingerprint density at radius 2 is 2.20 bits per heavy atom. The molecule has 1 aliphatic heterocycles. The number of carbonyl (C=O) groups excluding carboxylic acids is 1. The van der Waals surface area contributed by atoms with Crippen molar-refractivity contribution in [2.75, 3.05) is 6.54 Å². The maximum Gasteiger partial charge on any atom is 0.276 e. The molecule has 1 amide bonds. The van der Waals surface area contributed by atoms with E-state index in [1.54, 1.807) is 6.07 Å². The highest BCUT2D eigenvalue weighted by Gasteiger charge is 2.36. The van der Waals surface area contributed by atoms with Gasteiger partial charge in [-0.05, 0) is 38.0 Å². The van der Waals surface area contributed by atoms with Crippen molar-refractivity contribution in [1.29, 1.82) is 0 Å². The van der Waals surface area contributed by atoms with Gasteiger partial charge < -0.3 is 14.3 Å². The summed E-state index contributed by atoms with van der Waals surface area (Å²) in [7, 11) is -3.77. The Hall–Kier alpha value is -2.39. The van der Waals surface area contributed by atoms with Crippen LogP contribution in [0.2, 0.25) is 0 Å². The van der Waals surface area contributed by atoms with Gasteiger partial charge in [0.05, 0.1) is 6.20 Å². The third kappa shape index (κ3) is 3.52. The molecule has 1 aliphatic rings. The number of sulfonamides is 1. The van der Waals surface area contributed by atoms with Crippen LogP contribution >= 0.6 is 0 Å². The van der Waals surface area contributed by atoms with Crippen LogP contribution in [-0.2, 0) is 14.8 Å². The van der Waals surface area contributed by atoms with Crippen molar-refractivity contribution >= 4 is 15.9 Å². The van der Waals surface area contributed by atoms with E-state index in [-0.39, 0.29) is 23.1 Å². The summed E-state index contributed by atoms with van der Waals surface area (Å²) in [4.78, 5) is 11.4. The Kier molecular flexibility index (Phi) is 4.78. The van der Waals surface area contributed by atoms with Crippen LogP contribution in [0, 0.1) is 0 Å². The van der Waals surface area contributed by atoms with Gasteiger partial charge in [-0.15, -0.1) is 0 Å². The van der Waals surface area contributed by atoms with Gasteiger partial charge in [-0.25, -0.2) is 8.42 Å². The normalized spacial score (nSPS) is 21.8. The Labute approximate surface area is 145 Å². The molecule has 2 aromatic heterocycles. The predicted molar refractivity (Wildman–Crippen MR) is 88.9 cm³/mol. The number of hydrogen-bond acceptors (Lipinski definition) is 6. The first-order valence-electron chi connectivity index (χ1n) is 7.87. The van der Waals surface area contributed by atoms with E-state index >= 15 is 0 Å². The van der Waals surface area contributed by atoms with E-state index in [0.29, 0.717) is 30.9 Å². The number of rotatable bonds is 5. The van der Waals surface area contributed by atoms with Crippen molar-refractivity contribution in [3.63, 3.8) is 0 Å². The smallest absolute Gasteiger partial charge is 0.276 e. The Bertz CT molecular complexity index is 856. The first-order chi connectivity index (χ1) is 11.9. The minimum absolute atomic E-state index is 0.0756. The van der Waals surface area contributed by atoms with Gasteiger partial charge in [0.2, 0.25) is 16.8 Å². The van der Waals surface area contributed by atoms with Crippen LogP contribution in [0.3, 0.4) is 0 Å². The highest BCUT2D eigenvalue weighted by atomic mass is 32.2. The molecule has 0 radical (unpaired) electrons. The number of hydrogen-bond donors (Lipinski definition) is 1. The molecule has 1 fully saturated rings. The van der Waals surface area contributed by atoms with Crippen LogP contribution in [0.4, 0.5) is 0 Å². The monoisotopic (exact) mass is 365 g/mol. The maximum absolute atomic E-state index is 12.8. The van der Waals surface area contributed by atoms with Gasteiger partial charge in [0, 0.05) is 24.7 Å². The van der Waals surface area contributed by atoms with E-state index in [9.17, 15) is 13.2 Å². The lowest BCUT2D eigenvalue weighted by molar-refractivity contribution is -0.117. The van der Waals surface area contributed by atoms with E-state index in [0.717, 1.165) is 0 Å². The fourth-order valence-electron chi connectivity index (χ4n) is 2.95. The number of nitrogens with zero attached hydrogens (tertiary/aromatic N) is 2. The van der Waals surface area contributed by atoms with Crippen LogP contribution in [0.25, 0.3) is 11.5 Å². The van der Waals surface area contributed by atoms with E-state index in [1.807, 2.05) is 6.92 Å². The zero-order valence-corrected chi connectivity index (χ0v) is 14.5. The topological polar surface area (TPSA) is 106 Å². The number of amides is 1. The summed E-state index contributed by atoms with van der Waals surface area (Å²) in [6.07, 6.45) is 3.71. The lowest BCUT2D eigenvalue weighted by Crippen LogP contribution is -2.50. The van der Waals surface area contributed by atoms with Crippen molar-refractivity contribution in [3.05, 3.63) is 37.1 Å². The van der Waals surface area contributed by atoms with Crippen LogP contribution in [0.15, 0.2) is 51.1 Å². The summed E-state index contributed by atoms with van der Waals surface area (Å²) in [5.74, 6) is 0.411. The van der Waals surface area contributed by atoms with Crippen LogP contribution in [0.5, 0.6) is 0 Å². The lowest BCUT2D eigenvalue weighted by Gasteiger charge is -2.36. The van der Waals surface area contributed by atoms with Crippen LogP contribution in [0.1, 0.15) is 19.8 Å². The Morgan fingerprint density at radius 1 is 1.40 bits per heavy atom. The summed E-state index contributed by atoms with van der Waals surface area (Å²) in [6, 6.07) is 4.19. The van der Waals surface area contributed by atoms with Gasteiger partial charge in [0.1, 0.15) is 0 Å². The fourth-order valence-corrected chi connectivity index (χ4v) is 4.52. The third-order valence-corrected chi connectivity index (χ3v) is 6.06. The molecule has 0 aliphatic carbocycles. The second-order valence-corrected chi connectivity index (χ2v) is 7.72. The number of aromatic nitrogens is 1. The zero-order chi connectivity index (χ0) is 18.0. The van der Waals surface area contributed by atoms with Gasteiger partial charge in [-0.2, -0.15) is 4.31 Å². The number of furan rings is 1. The molecule has 0 saturated carbocycles. The van der Waals surface area contributed by atoms with Crippen molar-refractivity contribution < 1.29 is 22.2 Å². The van der Waals surface area contributed by atoms with Gasteiger partial charge in [-0.3, -0.25) is 4.79 Å². The minimum Gasteiger partial charge on any atom is -0.440 e. The molecule has 0 aromatic carbocycles. The molecule has 3 rings (SSSR count). The minimum atomic E-state index is -3.77. The average molecular weight is 365 g/mol. The van der Waals surface area contributed by atoms with Crippen molar-refractivity contribution in [1.82, 2.24) is 14.8 Å². The highest BCUT2D eigenvalue weighted by Crippen LogP contribution is 2.29. The van der Waals surface area contributed by atoms with Gasteiger partial charge in [-0.1, -0.05) is 11.7 Å². The van der Waals surface area contributed by atoms with Gasteiger partial charge in [0.25, 0.3) is 10.0 Å². The molecule has 9 heteroatoms. The summed E-state index contributed by atoms with van der Waals surface area (Å²) in [5.41, 5.74) is 0. The van der Waals surface area contributed by atoms with Crippen LogP contribution in [-0.4, -0.2) is 42.4 Å². The highest BCUT2D eigenvalue weighted by molar-refractivity contribution is 7.89. The first kappa shape index (κ1) is 17.4. The fraction of sp³-hybridized carbons (Fsp3) is 0.375. The third-order valence-electron chi connectivity index (χ3n) is 4.17. The second-order valence-electron chi connectivity index (χ2n) is 5.89. The second kappa shape index (κ2) is 6.85. The Balaban J connectivity index is 1.75. The van der Waals surface area contributed by atoms with E-state index in [1.165, 1.54) is 28.7 Å². The van der Waals surface area contributed by atoms with E-state index in [4.69, 9.17) is 8.94 Å². The molecule has 0 bridgehead atoms. The molecule has 2 atom stereocenters. The molecule has 0 spiro atoms. The SMILES string of the molecule is C=CC(=O)NC1CCN(S(=O)(=O)c2ccc(-c3ccno3)o2)C(C)C1. The molecule has 1 N–H and O–H groups in total. The number of carbonyl (C=O) groups is 1. The molecule has 2 aromatic rings.